The van der Waals surface area contributed by atoms with Gasteiger partial charge in [0.2, 0.25) is 0 Å². The van der Waals surface area contributed by atoms with E-state index in [2.05, 4.69) is 30.7 Å². The van der Waals surface area contributed by atoms with Crippen LogP contribution in [0.3, 0.4) is 0 Å². The topological polar surface area (TPSA) is 244 Å². The molecule has 0 aromatic heterocycles. The number of anilines is 2. The van der Waals surface area contributed by atoms with Gasteiger partial charge in [-0.1, -0.05) is 48.5 Å². The Balaban J connectivity index is 0.000000364. The van der Waals surface area contributed by atoms with E-state index in [0.29, 0.717) is 22.8 Å². The third kappa shape index (κ3) is 11.4. The molecule has 0 saturated carbocycles. The Bertz CT molecular complexity index is 2300. The first-order valence-electron chi connectivity index (χ1n) is 15.1. The standard InChI is InChI=1S/C17H14N4O6S.C17H14N4O3.Cr.2Na/c1-10-15(16(22)21(20-10)11-5-3-2-4-6-11)19-18-14-8-7-12(28(25,26)27)9-13(14)17(23)24;1-11-15(16(22)21(20-11)12-7-3-2-4-8-12)19-18-14-10-6-5-9-13(14)17(23)24;;;/h2-9,15H,1H3,(H,23,24)(H,25,26,27);2-10,15H,1H3,(H,23,24);;;/q;;;2*+1. The van der Waals surface area contributed by atoms with Crippen LogP contribution in [0, 0.1) is 0 Å². The summed E-state index contributed by atoms with van der Waals surface area (Å²) in [6.45, 7) is 3.28. The van der Waals surface area contributed by atoms with Crippen molar-refractivity contribution in [2.75, 3.05) is 10.0 Å². The Morgan fingerprint density at radius 1 is 0.636 bits per heavy atom. The summed E-state index contributed by atoms with van der Waals surface area (Å²) >= 11 is 0. The minimum atomic E-state index is -4.58. The van der Waals surface area contributed by atoms with E-state index in [0.717, 1.165) is 18.2 Å². The zero-order valence-electron chi connectivity index (χ0n) is 29.7. The number of carboxylic acids is 2. The Labute approximate surface area is 369 Å². The van der Waals surface area contributed by atoms with E-state index in [-0.39, 0.29) is 99.3 Å². The number of amides is 2. The van der Waals surface area contributed by atoms with E-state index < -0.39 is 50.5 Å². The average Bonchev–Trinajstić information content (AvgIpc) is 3.58. The first-order valence-corrected chi connectivity index (χ1v) is 16.6. The third-order valence-electron chi connectivity index (χ3n) is 7.39. The molecule has 2 unspecified atom stereocenters. The predicted molar refractivity (Wildman–Crippen MR) is 187 cm³/mol. The molecule has 4 aromatic rings. The van der Waals surface area contributed by atoms with Gasteiger partial charge in [-0.2, -0.15) is 49.1 Å². The number of nitrogens with zero attached hydrogens (tertiary/aromatic N) is 8. The van der Waals surface area contributed by atoms with Gasteiger partial charge >= 0.3 is 71.1 Å². The molecule has 2 atom stereocenters. The number of carboxylic acid groups (broad SMARTS) is 2. The van der Waals surface area contributed by atoms with Gasteiger partial charge in [-0.05, 0) is 68.4 Å². The van der Waals surface area contributed by atoms with Crippen molar-refractivity contribution < 1.29 is 119 Å². The molecule has 0 radical (unpaired) electrons. The fraction of sp³-hybridized carbons (Fsp3) is 0.118. The Morgan fingerprint density at radius 2 is 1.04 bits per heavy atom. The Hall–Kier alpha value is -4.26. The van der Waals surface area contributed by atoms with Crippen LogP contribution in [0.4, 0.5) is 22.7 Å². The first kappa shape index (κ1) is 46.9. The van der Waals surface area contributed by atoms with E-state index in [1.165, 1.54) is 22.2 Å². The molecular formula is C34H28CrN8Na2O9S+2. The second-order valence-electron chi connectivity index (χ2n) is 11.0. The largest absolute Gasteiger partial charge is 1.00 e. The van der Waals surface area contributed by atoms with Crippen molar-refractivity contribution in [1.29, 1.82) is 0 Å². The number of hydrogen-bond acceptors (Lipinski definition) is 12. The summed E-state index contributed by atoms with van der Waals surface area (Å²) in [7, 11) is -4.58. The van der Waals surface area contributed by atoms with Crippen LogP contribution in [0.5, 0.6) is 0 Å². The maximum absolute atomic E-state index is 12.6. The number of hydrogen-bond donors (Lipinski definition) is 3. The number of carbonyl (C=O) groups excluding carboxylic acids is 2. The molecular weight excluding hydrogens is 794 g/mol. The third-order valence-corrected chi connectivity index (χ3v) is 8.24. The van der Waals surface area contributed by atoms with Crippen LogP contribution in [0.1, 0.15) is 34.6 Å². The molecule has 0 saturated heterocycles. The second kappa shape index (κ2) is 20.6. The normalized spacial score (nSPS) is 16.3. The van der Waals surface area contributed by atoms with Crippen molar-refractivity contribution >= 4 is 68.0 Å². The minimum Gasteiger partial charge on any atom is -0.478 e. The number of rotatable bonds is 9. The van der Waals surface area contributed by atoms with Gasteiger partial charge in [-0.3, -0.25) is 14.1 Å². The van der Waals surface area contributed by atoms with Crippen LogP contribution in [-0.2, 0) is 37.1 Å². The van der Waals surface area contributed by atoms with E-state index in [4.69, 9.17) is 9.66 Å². The first-order chi connectivity index (χ1) is 24.8. The molecule has 17 nitrogen and oxygen atoms in total. The molecule has 2 aliphatic heterocycles. The summed E-state index contributed by atoms with van der Waals surface area (Å²) in [6.07, 6.45) is 0. The van der Waals surface area contributed by atoms with Crippen LogP contribution < -0.4 is 69.1 Å². The fourth-order valence-corrected chi connectivity index (χ4v) is 5.31. The van der Waals surface area contributed by atoms with Crippen molar-refractivity contribution in [2.24, 2.45) is 30.7 Å². The van der Waals surface area contributed by atoms with E-state index in [1.807, 2.05) is 18.2 Å². The number of benzene rings is 4. The zero-order chi connectivity index (χ0) is 37.6. The molecule has 2 heterocycles. The summed E-state index contributed by atoms with van der Waals surface area (Å²) < 4.78 is 31.4. The number of para-hydroxylation sites is 2. The number of azo groups is 2. The maximum Gasteiger partial charge on any atom is 1.00 e. The SMILES string of the molecule is CC1=NN(c2ccccc2)C(=O)C1N=Nc1ccc(S(=O)(=O)O)cc1C(=O)O.CC1=NN(c2ccccc2)C(=O)C1N=Nc1ccccc1C(=O)O.[Cr].[Na+].[Na+]. The van der Waals surface area contributed by atoms with Crippen molar-refractivity contribution in [1.82, 2.24) is 0 Å². The van der Waals surface area contributed by atoms with Crippen LogP contribution >= 0.6 is 0 Å². The van der Waals surface area contributed by atoms with Gasteiger partial charge in [0.05, 0.1) is 50.2 Å². The summed E-state index contributed by atoms with van der Waals surface area (Å²) in [5, 5.41) is 44.9. The second-order valence-corrected chi connectivity index (χ2v) is 12.4. The summed E-state index contributed by atoms with van der Waals surface area (Å²) in [5.74, 6) is -3.35. The summed E-state index contributed by atoms with van der Waals surface area (Å²) in [6, 6.07) is 24.9. The van der Waals surface area contributed by atoms with Crippen LogP contribution in [0.25, 0.3) is 0 Å². The number of hydrazone groups is 2. The molecule has 0 spiro atoms. The molecule has 0 bridgehead atoms. The van der Waals surface area contributed by atoms with Crippen LogP contribution in [-0.4, -0.2) is 70.4 Å². The monoisotopic (exact) mass is 822 g/mol. The molecule has 0 fully saturated rings. The van der Waals surface area contributed by atoms with Crippen molar-refractivity contribution in [3.8, 4) is 0 Å². The Kier molecular flexibility index (Phi) is 17.6. The minimum absolute atomic E-state index is 0. The van der Waals surface area contributed by atoms with Gasteiger partial charge in [0.1, 0.15) is 0 Å². The van der Waals surface area contributed by atoms with Crippen molar-refractivity contribution in [3.63, 3.8) is 0 Å². The van der Waals surface area contributed by atoms with Gasteiger partial charge in [-0.15, -0.1) is 0 Å². The molecule has 0 aliphatic carbocycles. The molecule has 3 N–H and O–H groups in total. The quantitative estimate of drug-likeness (QED) is 0.115. The average molecular weight is 823 g/mol. The zero-order valence-corrected chi connectivity index (χ0v) is 35.7. The summed E-state index contributed by atoms with van der Waals surface area (Å²) in [4.78, 5) is 47.0. The predicted octanol–water partition coefficient (Wildman–Crippen LogP) is -0.228. The van der Waals surface area contributed by atoms with Crippen LogP contribution in [0.15, 0.2) is 139 Å². The van der Waals surface area contributed by atoms with Crippen LogP contribution in [0.2, 0.25) is 0 Å². The molecule has 2 amide bonds. The molecule has 55 heavy (non-hydrogen) atoms. The van der Waals surface area contributed by atoms with E-state index in [9.17, 15) is 32.7 Å². The van der Waals surface area contributed by atoms with Gasteiger partial charge in [0.25, 0.3) is 21.9 Å². The molecule has 2 aliphatic rings. The molecule has 6 rings (SSSR count). The number of carbonyl (C=O) groups is 4. The van der Waals surface area contributed by atoms with Gasteiger partial charge in [0.15, 0.2) is 12.1 Å². The number of aromatic carboxylic acids is 2. The van der Waals surface area contributed by atoms with Gasteiger partial charge in [0, 0.05) is 17.4 Å². The van der Waals surface area contributed by atoms with Crippen molar-refractivity contribution in [3.05, 3.63) is 114 Å². The molecule has 21 heteroatoms. The summed E-state index contributed by atoms with van der Waals surface area (Å²) in [5.41, 5.74) is 1.63. The van der Waals surface area contributed by atoms with E-state index in [1.54, 1.807) is 68.4 Å². The molecule has 270 valence electrons. The maximum atomic E-state index is 12.6. The molecule has 4 aromatic carbocycles. The fourth-order valence-electron chi connectivity index (χ4n) is 4.80. The van der Waals surface area contributed by atoms with Gasteiger partial charge in [-0.25, -0.2) is 9.59 Å². The Morgan fingerprint density at radius 3 is 1.45 bits per heavy atom. The van der Waals surface area contributed by atoms with E-state index >= 15 is 0 Å². The smallest absolute Gasteiger partial charge is 0.478 e. The van der Waals surface area contributed by atoms with Gasteiger partial charge < -0.3 is 10.2 Å². The van der Waals surface area contributed by atoms with Crippen molar-refractivity contribution in [2.45, 2.75) is 30.8 Å².